The minimum atomic E-state index is -3.54. The molecule has 0 aliphatic heterocycles. The second-order valence-corrected chi connectivity index (χ2v) is 12.4. The van der Waals surface area contributed by atoms with Crippen LogP contribution in [0.2, 0.25) is 10.0 Å². The normalized spacial score (nSPS) is 14.8. The average molecular weight is 569 g/mol. The number of nitrogens with one attached hydrogen (secondary N) is 1. The fraction of sp³-hybridized carbons (Fsp3) is 0.481. The van der Waals surface area contributed by atoms with Gasteiger partial charge in [-0.3, -0.25) is 13.9 Å². The Hall–Kier alpha value is -2.29. The molecule has 0 spiro atoms. The molecule has 2 aromatic carbocycles. The van der Waals surface area contributed by atoms with Crippen LogP contribution < -0.4 is 9.62 Å². The van der Waals surface area contributed by atoms with E-state index in [0.717, 1.165) is 37.5 Å². The van der Waals surface area contributed by atoms with Crippen molar-refractivity contribution in [2.45, 2.75) is 71.0 Å². The van der Waals surface area contributed by atoms with E-state index in [-0.39, 0.29) is 43.8 Å². The Morgan fingerprint density at radius 2 is 1.65 bits per heavy atom. The molecular formula is C27H35Cl2N3O4S. The molecule has 1 aliphatic rings. The Labute approximate surface area is 230 Å². The summed E-state index contributed by atoms with van der Waals surface area (Å²) in [6.45, 7) is 3.83. The Morgan fingerprint density at radius 1 is 1.05 bits per heavy atom. The van der Waals surface area contributed by atoms with Gasteiger partial charge in [-0.2, -0.15) is 0 Å². The molecular weight excluding hydrogens is 533 g/mol. The van der Waals surface area contributed by atoms with Crippen LogP contribution in [0.1, 0.15) is 56.6 Å². The number of sulfonamides is 1. The number of benzene rings is 2. The number of anilines is 1. The molecule has 1 atom stereocenters. The number of amides is 2. The molecule has 0 saturated heterocycles. The van der Waals surface area contributed by atoms with Gasteiger partial charge >= 0.3 is 0 Å². The zero-order valence-electron chi connectivity index (χ0n) is 21.5. The standard InChI is InChI=1S/C27H35Cl2N3O4S/c1-19-13-15-22(16-14-19)32(37(3,35)36)17-7-12-26(33)31(18-23-24(28)10-6-11-25(23)29)20(2)27(34)30-21-8-4-5-9-21/h6,10-11,13-16,20-21H,4-5,7-9,12,17-18H2,1-3H3,(H,30,34)/t20-/m0/s1. The van der Waals surface area contributed by atoms with E-state index < -0.39 is 16.1 Å². The maximum atomic E-state index is 13.5. The molecule has 0 unspecified atom stereocenters. The van der Waals surface area contributed by atoms with Crippen LogP contribution >= 0.6 is 23.2 Å². The highest BCUT2D eigenvalue weighted by molar-refractivity contribution is 7.92. The van der Waals surface area contributed by atoms with Crippen molar-refractivity contribution in [3.63, 3.8) is 0 Å². The van der Waals surface area contributed by atoms with E-state index in [2.05, 4.69) is 5.32 Å². The van der Waals surface area contributed by atoms with Crippen LogP contribution in [0.25, 0.3) is 0 Å². The van der Waals surface area contributed by atoms with Crippen molar-refractivity contribution in [1.29, 1.82) is 0 Å². The van der Waals surface area contributed by atoms with Crippen LogP contribution in [0.5, 0.6) is 0 Å². The number of hydrogen-bond donors (Lipinski definition) is 1. The van der Waals surface area contributed by atoms with Crippen LogP contribution in [0.3, 0.4) is 0 Å². The van der Waals surface area contributed by atoms with Crippen molar-refractivity contribution in [3.8, 4) is 0 Å². The summed E-state index contributed by atoms with van der Waals surface area (Å²) < 4.78 is 26.2. The molecule has 0 radical (unpaired) electrons. The van der Waals surface area contributed by atoms with Crippen LogP contribution in [0.15, 0.2) is 42.5 Å². The van der Waals surface area contributed by atoms with Crippen LogP contribution in [-0.4, -0.2) is 50.0 Å². The Balaban J connectivity index is 1.75. The third-order valence-electron chi connectivity index (χ3n) is 6.73. The molecule has 1 saturated carbocycles. The van der Waals surface area contributed by atoms with Gasteiger partial charge in [0.25, 0.3) is 0 Å². The third kappa shape index (κ3) is 8.09. The molecule has 3 rings (SSSR count). The van der Waals surface area contributed by atoms with Crippen molar-refractivity contribution in [2.24, 2.45) is 0 Å². The Bertz CT molecular complexity index is 1180. The van der Waals surface area contributed by atoms with Gasteiger partial charge in [-0.05, 0) is 57.4 Å². The molecule has 1 fully saturated rings. The van der Waals surface area contributed by atoms with E-state index >= 15 is 0 Å². The quantitative estimate of drug-likeness (QED) is 0.398. The van der Waals surface area contributed by atoms with Gasteiger partial charge in [0.15, 0.2) is 0 Å². The molecule has 0 heterocycles. The van der Waals surface area contributed by atoms with E-state index in [9.17, 15) is 18.0 Å². The number of rotatable bonds is 11. The van der Waals surface area contributed by atoms with Crippen LogP contribution in [0, 0.1) is 6.92 Å². The maximum absolute atomic E-state index is 13.5. The summed E-state index contributed by atoms with van der Waals surface area (Å²) in [5.74, 6) is -0.497. The van der Waals surface area contributed by atoms with E-state index in [1.165, 1.54) is 9.21 Å². The highest BCUT2D eigenvalue weighted by Gasteiger charge is 2.29. The fourth-order valence-electron chi connectivity index (χ4n) is 4.54. The summed E-state index contributed by atoms with van der Waals surface area (Å²) in [4.78, 5) is 28.0. The van der Waals surface area contributed by atoms with Gasteiger partial charge in [0.05, 0.1) is 11.9 Å². The predicted molar refractivity (Wildman–Crippen MR) is 149 cm³/mol. The lowest BCUT2D eigenvalue weighted by atomic mass is 10.1. The largest absolute Gasteiger partial charge is 0.352 e. The summed E-state index contributed by atoms with van der Waals surface area (Å²) in [7, 11) is -3.54. The first-order valence-corrected chi connectivity index (χ1v) is 15.1. The lowest BCUT2D eigenvalue weighted by Gasteiger charge is -2.30. The summed E-state index contributed by atoms with van der Waals surface area (Å²) in [5, 5.41) is 3.89. The molecule has 202 valence electrons. The number of nitrogens with zero attached hydrogens (tertiary/aromatic N) is 2. The highest BCUT2D eigenvalue weighted by Crippen LogP contribution is 2.27. The number of carbonyl (C=O) groups is 2. The van der Waals surface area contributed by atoms with Gasteiger partial charge in [0, 0.05) is 41.2 Å². The number of aryl methyl sites for hydroxylation is 1. The Kier molecular flexibility index (Phi) is 10.3. The SMILES string of the molecule is Cc1ccc(N(CCCC(=O)N(Cc2c(Cl)cccc2Cl)[C@@H](C)C(=O)NC2CCCC2)S(C)(=O)=O)cc1. The molecule has 1 N–H and O–H groups in total. The first kappa shape index (κ1) is 29.3. The summed E-state index contributed by atoms with van der Waals surface area (Å²) in [6, 6.07) is 11.7. The minimum Gasteiger partial charge on any atom is -0.352 e. The van der Waals surface area contributed by atoms with Gasteiger partial charge in [0.1, 0.15) is 6.04 Å². The lowest BCUT2D eigenvalue weighted by molar-refractivity contribution is -0.140. The fourth-order valence-corrected chi connectivity index (χ4v) is 6.03. The van der Waals surface area contributed by atoms with Crippen LogP contribution in [0.4, 0.5) is 5.69 Å². The zero-order valence-corrected chi connectivity index (χ0v) is 23.9. The monoisotopic (exact) mass is 567 g/mol. The Morgan fingerprint density at radius 3 is 2.22 bits per heavy atom. The van der Waals surface area contributed by atoms with E-state index in [1.54, 1.807) is 37.3 Å². The summed E-state index contributed by atoms with van der Waals surface area (Å²) in [5.41, 5.74) is 2.13. The molecule has 0 bridgehead atoms. The number of halogens is 2. The summed E-state index contributed by atoms with van der Waals surface area (Å²) in [6.07, 6.45) is 5.51. The van der Waals surface area contributed by atoms with E-state index in [1.807, 2.05) is 19.1 Å². The van der Waals surface area contributed by atoms with Crippen molar-refractivity contribution in [2.75, 3.05) is 17.1 Å². The van der Waals surface area contributed by atoms with Crippen molar-refractivity contribution in [1.82, 2.24) is 10.2 Å². The lowest BCUT2D eigenvalue weighted by Crippen LogP contribution is -2.49. The van der Waals surface area contributed by atoms with Crippen molar-refractivity contribution >= 4 is 50.7 Å². The molecule has 2 aromatic rings. The predicted octanol–water partition coefficient (Wildman–Crippen LogP) is 5.32. The zero-order chi connectivity index (χ0) is 27.2. The molecule has 10 heteroatoms. The third-order valence-corrected chi connectivity index (χ3v) is 8.64. The first-order valence-electron chi connectivity index (χ1n) is 12.5. The topological polar surface area (TPSA) is 86.8 Å². The smallest absolute Gasteiger partial charge is 0.242 e. The van der Waals surface area contributed by atoms with Gasteiger partial charge in [-0.25, -0.2) is 8.42 Å². The van der Waals surface area contributed by atoms with Gasteiger partial charge in [0.2, 0.25) is 21.8 Å². The molecule has 2 amide bonds. The highest BCUT2D eigenvalue weighted by atomic mass is 35.5. The average Bonchev–Trinajstić information content (AvgIpc) is 3.34. The maximum Gasteiger partial charge on any atom is 0.242 e. The minimum absolute atomic E-state index is 0.0565. The van der Waals surface area contributed by atoms with Crippen LogP contribution in [-0.2, 0) is 26.2 Å². The molecule has 7 nitrogen and oxygen atoms in total. The van der Waals surface area contributed by atoms with Crippen molar-refractivity contribution < 1.29 is 18.0 Å². The molecule has 1 aliphatic carbocycles. The second kappa shape index (κ2) is 13.0. The summed E-state index contributed by atoms with van der Waals surface area (Å²) >= 11 is 12.8. The van der Waals surface area contributed by atoms with Gasteiger partial charge in [-0.15, -0.1) is 0 Å². The molecule has 37 heavy (non-hydrogen) atoms. The number of carbonyl (C=O) groups excluding carboxylic acids is 2. The number of hydrogen-bond acceptors (Lipinski definition) is 4. The van der Waals surface area contributed by atoms with Gasteiger partial charge < -0.3 is 10.2 Å². The van der Waals surface area contributed by atoms with E-state index in [4.69, 9.17) is 23.2 Å². The first-order chi connectivity index (χ1) is 17.5. The van der Waals surface area contributed by atoms with Crippen molar-refractivity contribution in [3.05, 3.63) is 63.6 Å². The molecule has 0 aromatic heterocycles. The van der Waals surface area contributed by atoms with E-state index in [0.29, 0.717) is 21.3 Å². The second-order valence-electron chi connectivity index (χ2n) is 9.66. The van der Waals surface area contributed by atoms with Gasteiger partial charge in [-0.1, -0.05) is 59.8 Å².